The quantitative estimate of drug-likeness (QED) is 0.918. The van der Waals surface area contributed by atoms with E-state index in [-0.39, 0.29) is 10.6 Å². The molecule has 0 fully saturated rings. The summed E-state index contributed by atoms with van der Waals surface area (Å²) in [4.78, 5) is -0.187. The van der Waals surface area contributed by atoms with Gasteiger partial charge < -0.3 is 4.74 Å². The molecule has 1 atom stereocenters. The van der Waals surface area contributed by atoms with Crippen LogP contribution in [-0.4, -0.2) is 15.5 Å². The smallest absolute Gasteiger partial charge is 0.241 e. The van der Waals surface area contributed by atoms with Crippen molar-refractivity contribution in [1.82, 2.24) is 4.72 Å². The molecule has 0 saturated heterocycles. The molecule has 2 rings (SSSR count). The van der Waals surface area contributed by atoms with Gasteiger partial charge in [-0.25, -0.2) is 21.9 Å². The summed E-state index contributed by atoms with van der Waals surface area (Å²) >= 11 is 0. The number of rotatable bonds is 5. The maximum absolute atomic E-state index is 13.7. The molecule has 1 unspecified atom stereocenters. The second-order valence-corrected chi connectivity index (χ2v) is 6.41. The van der Waals surface area contributed by atoms with E-state index in [0.29, 0.717) is 5.56 Å². The second kappa shape index (κ2) is 6.41. The first-order valence-corrected chi connectivity index (χ1v) is 7.93. The Balaban J connectivity index is 2.24. The fourth-order valence-corrected chi connectivity index (χ4v) is 3.22. The zero-order valence-corrected chi connectivity index (χ0v) is 12.8. The van der Waals surface area contributed by atoms with Crippen molar-refractivity contribution < 1.29 is 21.9 Å². The fraction of sp³-hybridized carbons (Fsp3) is 0.200. The average Bonchev–Trinajstić information content (AvgIpc) is 2.46. The van der Waals surface area contributed by atoms with E-state index < -0.39 is 27.7 Å². The molecule has 0 aliphatic rings. The molecular formula is C15H15F2NO3S. The zero-order chi connectivity index (χ0) is 16.3. The van der Waals surface area contributed by atoms with E-state index in [1.807, 2.05) is 0 Å². The molecule has 22 heavy (non-hydrogen) atoms. The molecule has 2 aromatic rings. The summed E-state index contributed by atoms with van der Waals surface area (Å²) in [5, 5.41) is 0. The molecule has 7 heteroatoms. The average molecular weight is 327 g/mol. The van der Waals surface area contributed by atoms with Gasteiger partial charge in [0.2, 0.25) is 10.0 Å². The molecule has 2 aromatic carbocycles. The lowest BCUT2D eigenvalue weighted by atomic mass is 10.1. The van der Waals surface area contributed by atoms with Gasteiger partial charge in [-0.1, -0.05) is 12.1 Å². The highest BCUT2D eigenvalue weighted by Crippen LogP contribution is 2.23. The molecule has 118 valence electrons. The molecule has 0 aliphatic carbocycles. The molecular weight excluding hydrogens is 312 g/mol. The van der Waals surface area contributed by atoms with Gasteiger partial charge >= 0.3 is 0 Å². The molecule has 0 aromatic heterocycles. The van der Waals surface area contributed by atoms with Gasteiger partial charge in [0.05, 0.1) is 12.0 Å². The first-order valence-electron chi connectivity index (χ1n) is 6.45. The Morgan fingerprint density at radius 1 is 1.14 bits per heavy atom. The van der Waals surface area contributed by atoms with Crippen LogP contribution in [0.4, 0.5) is 8.78 Å². The number of ether oxygens (including phenoxy) is 1. The minimum atomic E-state index is -3.90. The Hall–Kier alpha value is -1.99. The highest BCUT2D eigenvalue weighted by atomic mass is 32.2. The molecule has 0 aliphatic heterocycles. The third kappa shape index (κ3) is 3.61. The standard InChI is InChI=1S/C15H15F2NO3S/c1-10(11-6-7-15(21-2)14(17)8-11)18-22(19,20)13-5-3-4-12(16)9-13/h3-10,18H,1-2H3. The van der Waals surface area contributed by atoms with E-state index >= 15 is 0 Å². The summed E-state index contributed by atoms with van der Waals surface area (Å²) in [6, 6.07) is 8.14. The van der Waals surface area contributed by atoms with Gasteiger partial charge in [-0.2, -0.15) is 0 Å². The molecule has 0 bridgehead atoms. The molecule has 0 amide bonds. The summed E-state index contributed by atoms with van der Waals surface area (Å²) < 4.78 is 58.4. The van der Waals surface area contributed by atoms with Crippen molar-refractivity contribution in [1.29, 1.82) is 0 Å². The van der Waals surface area contributed by atoms with Gasteiger partial charge in [0.15, 0.2) is 11.6 Å². The number of sulfonamides is 1. The van der Waals surface area contributed by atoms with Crippen molar-refractivity contribution >= 4 is 10.0 Å². The summed E-state index contributed by atoms with van der Waals surface area (Å²) in [5.41, 5.74) is 0.429. The van der Waals surface area contributed by atoms with E-state index in [1.165, 1.54) is 31.4 Å². The van der Waals surface area contributed by atoms with Crippen LogP contribution in [0.3, 0.4) is 0 Å². The van der Waals surface area contributed by atoms with Crippen LogP contribution in [0.15, 0.2) is 47.4 Å². The Kier molecular flexibility index (Phi) is 4.77. The normalized spacial score (nSPS) is 12.9. The SMILES string of the molecule is COc1ccc(C(C)NS(=O)(=O)c2cccc(F)c2)cc1F. The molecule has 1 N–H and O–H groups in total. The molecule has 4 nitrogen and oxygen atoms in total. The van der Waals surface area contributed by atoms with Crippen LogP contribution in [0.2, 0.25) is 0 Å². The highest BCUT2D eigenvalue weighted by Gasteiger charge is 2.19. The fourth-order valence-electron chi connectivity index (χ4n) is 1.95. The van der Waals surface area contributed by atoms with Crippen molar-refractivity contribution in [3.8, 4) is 5.75 Å². The Morgan fingerprint density at radius 3 is 2.45 bits per heavy atom. The van der Waals surface area contributed by atoms with Gasteiger partial charge in [0, 0.05) is 6.04 Å². The first kappa shape index (κ1) is 16.4. The predicted molar refractivity (Wildman–Crippen MR) is 78.1 cm³/mol. The lowest BCUT2D eigenvalue weighted by molar-refractivity contribution is 0.386. The molecule has 0 heterocycles. The van der Waals surface area contributed by atoms with Gasteiger partial charge in [-0.05, 0) is 42.8 Å². The van der Waals surface area contributed by atoms with Gasteiger partial charge in [0.1, 0.15) is 5.82 Å². The van der Waals surface area contributed by atoms with Crippen molar-refractivity contribution in [3.05, 3.63) is 59.7 Å². The topological polar surface area (TPSA) is 55.4 Å². The van der Waals surface area contributed by atoms with Gasteiger partial charge in [-0.3, -0.25) is 0 Å². The van der Waals surface area contributed by atoms with E-state index in [9.17, 15) is 17.2 Å². The number of hydrogen-bond acceptors (Lipinski definition) is 3. The first-order chi connectivity index (χ1) is 10.3. The van der Waals surface area contributed by atoms with Crippen LogP contribution in [0.1, 0.15) is 18.5 Å². The van der Waals surface area contributed by atoms with Gasteiger partial charge in [-0.15, -0.1) is 0 Å². The maximum atomic E-state index is 13.7. The van der Waals surface area contributed by atoms with Crippen molar-refractivity contribution in [2.75, 3.05) is 7.11 Å². The van der Waals surface area contributed by atoms with Crippen LogP contribution in [-0.2, 0) is 10.0 Å². The van der Waals surface area contributed by atoms with E-state index in [4.69, 9.17) is 4.74 Å². The number of methoxy groups -OCH3 is 1. The predicted octanol–water partition coefficient (Wildman–Crippen LogP) is 3.01. The molecule has 0 saturated carbocycles. The summed E-state index contributed by atoms with van der Waals surface area (Å²) in [6.45, 7) is 1.57. The molecule has 0 radical (unpaired) electrons. The lowest BCUT2D eigenvalue weighted by Crippen LogP contribution is -2.27. The van der Waals surface area contributed by atoms with Crippen LogP contribution >= 0.6 is 0 Å². The lowest BCUT2D eigenvalue weighted by Gasteiger charge is -2.15. The van der Waals surface area contributed by atoms with Crippen LogP contribution in [0.25, 0.3) is 0 Å². The number of halogens is 2. The summed E-state index contributed by atoms with van der Waals surface area (Å²) in [5.74, 6) is -1.16. The zero-order valence-electron chi connectivity index (χ0n) is 12.0. The van der Waals surface area contributed by atoms with E-state index in [0.717, 1.165) is 12.1 Å². The number of benzene rings is 2. The Labute approximate surface area is 127 Å². The second-order valence-electron chi connectivity index (χ2n) is 4.69. The van der Waals surface area contributed by atoms with Crippen molar-refractivity contribution in [2.45, 2.75) is 17.9 Å². The van der Waals surface area contributed by atoms with Crippen molar-refractivity contribution in [3.63, 3.8) is 0 Å². The van der Waals surface area contributed by atoms with E-state index in [2.05, 4.69) is 4.72 Å². The summed E-state index contributed by atoms with van der Waals surface area (Å²) in [6.07, 6.45) is 0. The largest absolute Gasteiger partial charge is 0.494 e. The monoisotopic (exact) mass is 327 g/mol. The number of hydrogen-bond donors (Lipinski definition) is 1. The minimum absolute atomic E-state index is 0.0731. The Bertz CT molecular complexity index is 778. The van der Waals surface area contributed by atoms with Gasteiger partial charge in [0.25, 0.3) is 0 Å². The van der Waals surface area contributed by atoms with Crippen LogP contribution in [0.5, 0.6) is 5.75 Å². The highest BCUT2D eigenvalue weighted by molar-refractivity contribution is 7.89. The van der Waals surface area contributed by atoms with Crippen LogP contribution < -0.4 is 9.46 Å². The maximum Gasteiger partial charge on any atom is 0.241 e. The summed E-state index contributed by atoms with van der Waals surface area (Å²) in [7, 11) is -2.56. The third-order valence-corrected chi connectivity index (χ3v) is 4.65. The van der Waals surface area contributed by atoms with Crippen molar-refractivity contribution in [2.24, 2.45) is 0 Å². The minimum Gasteiger partial charge on any atom is -0.494 e. The van der Waals surface area contributed by atoms with E-state index in [1.54, 1.807) is 13.0 Å². The van der Waals surface area contributed by atoms with Crippen LogP contribution in [0, 0.1) is 11.6 Å². The third-order valence-electron chi connectivity index (χ3n) is 3.11. The Morgan fingerprint density at radius 2 is 1.86 bits per heavy atom. The number of nitrogens with one attached hydrogen (secondary N) is 1. The molecule has 0 spiro atoms.